The molecule has 0 heterocycles. The number of hydrogen-bond donors (Lipinski definition) is 3. The zero-order valence-electron chi connectivity index (χ0n) is 62.8. The molecule has 0 fully saturated rings. The summed E-state index contributed by atoms with van der Waals surface area (Å²) in [5.41, 5.74) is 0. The summed E-state index contributed by atoms with van der Waals surface area (Å²) in [5.74, 6) is 0.122. The van der Waals surface area contributed by atoms with Gasteiger partial charge in [0.25, 0.3) is 0 Å². The standard InChI is InChI=1S/C77H150O17P2/c1-8-9-10-11-12-13-14-15-16-17-18-19-20-25-31-38-46-53-60-76(81)93-72(64-87-74(79)58-51-44-37-30-24-22-21-23-28-34-41-48-55-68(2)3)66-91-95(83,84)89-62-71(78)63-90-96(85,86)92-67-73(65-88-75(80)59-52-45-40-33-36-43-50-57-70(6)7)94-77(82)61-54-47-39-32-27-26-29-35-42-49-56-69(4)5/h68-73,78H,8-67H2,1-7H3,(H,83,84)(H,85,86)/t71-,72-,73-/m1/s1. The summed E-state index contributed by atoms with van der Waals surface area (Å²) in [5, 5.41) is 10.6. The van der Waals surface area contributed by atoms with E-state index < -0.39 is 97.5 Å². The number of carbonyl (C=O) groups is 4. The monoisotopic (exact) mass is 1410 g/mol. The topological polar surface area (TPSA) is 237 Å². The summed E-state index contributed by atoms with van der Waals surface area (Å²) in [7, 11) is -9.91. The maximum atomic E-state index is 13.1. The molecule has 0 aromatic heterocycles. The first-order valence-electron chi connectivity index (χ1n) is 39.8. The summed E-state index contributed by atoms with van der Waals surface area (Å²) in [6, 6.07) is 0. The number of ether oxygens (including phenoxy) is 4. The second-order valence-corrected chi connectivity index (χ2v) is 32.1. The summed E-state index contributed by atoms with van der Waals surface area (Å²) >= 11 is 0. The normalized spacial score (nSPS) is 14.1. The Kier molecular flexibility index (Phi) is 66.2. The molecule has 0 aromatic carbocycles. The highest BCUT2D eigenvalue weighted by atomic mass is 31.2. The molecule has 0 amide bonds. The fourth-order valence-corrected chi connectivity index (χ4v) is 13.4. The van der Waals surface area contributed by atoms with Gasteiger partial charge in [-0.15, -0.1) is 0 Å². The molecule has 570 valence electrons. The van der Waals surface area contributed by atoms with E-state index >= 15 is 0 Å². The van der Waals surface area contributed by atoms with Crippen molar-refractivity contribution in [2.45, 2.75) is 414 Å². The molecule has 0 spiro atoms. The van der Waals surface area contributed by atoms with E-state index in [0.717, 1.165) is 108 Å². The number of carbonyl (C=O) groups excluding carboxylic acids is 4. The van der Waals surface area contributed by atoms with Gasteiger partial charge >= 0.3 is 39.5 Å². The summed E-state index contributed by atoms with van der Waals surface area (Å²) in [6.45, 7) is 11.9. The van der Waals surface area contributed by atoms with E-state index in [1.807, 2.05) is 0 Å². The smallest absolute Gasteiger partial charge is 0.462 e. The third-order valence-corrected chi connectivity index (χ3v) is 19.8. The van der Waals surface area contributed by atoms with E-state index in [2.05, 4.69) is 48.5 Å². The number of aliphatic hydroxyl groups is 1. The van der Waals surface area contributed by atoms with E-state index in [-0.39, 0.29) is 25.7 Å². The molecule has 17 nitrogen and oxygen atoms in total. The lowest BCUT2D eigenvalue weighted by molar-refractivity contribution is -0.161. The molecule has 3 N–H and O–H groups in total. The number of hydrogen-bond acceptors (Lipinski definition) is 15. The van der Waals surface area contributed by atoms with Gasteiger partial charge in [0.15, 0.2) is 12.2 Å². The van der Waals surface area contributed by atoms with Crippen molar-refractivity contribution in [3.05, 3.63) is 0 Å². The highest BCUT2D eigenvalue weighted by molar-refractivity contribution is 7.47. The van der Waals surface area contributed by atoms with Gasteiger partial charge in [0, 0.05) is 25.7 Å². The number of phosphoric acid groups is 2. The van der Waals surface area contributed by atoms with Gasteiger partial charge in [-0.25, -0.2) is 9.13 Å². The fourth-order valence-electron chi connectivity index (χ4n) is 11.8. The Balaban J connectivity index is 5.25. The SMILES string of the molecule is CCCCCCCCCCCCCCCCCCCCC(=O)O[C@H](COC(=O)CCCCCCCCCCCCCCC(C)C)COP(=O)(O)OC[C@@H](O)COP(=O)(O)OC[C@@H](COC(=O)CCCCCCCCCC(C)C)OC(=O)CCCCCCCCCCCCC(C)C. The van der Waals surface area contributed by atoms with Crippen molar-refractivity contribution in [3.63, 3.8) is 0 Å². The average molecular weight is 1410 g/mol. The van der Waals surface area contributed by atoms with Crippen molar-refractivity contribution in [2.75, 3.05) is 39.6 Å². The molecule has 0 aliphatic rings. The van der Waals surface area contributed by atoms with Crippen LogP contribution in [-0.2, 0) is 65.4 Å². The molecule has 96 heavy (non-hydrogen) atoms. The largest absolute Gasteiger partial charge is 0.472 e. The van der Waals surface area contributed by atoms with Crippen LogP contribution >= 0.6 is 15.6 Å². The van der Waals surface area contributed by atoms with Gasteiger partial charge in [-0.05, 0) is 43.4 Å². The lowest BCUT2D eigenvalue weighted by Gasteiger charge is -2.21. The first-order chi connectivity index (χ1) is 46.2. The summed E-state index contributed by atoms with van der Waals surface area (Å²) in [6.07, 6.45) is 54.2. The molecule has 0 rings (SSSR count). The highest BCUT2D eigenvalue weighted by Crippen LogP contribution is 2.45. The molecule has 0 saturated carbocycles. The fraction of sp³-hybridized carbons (Fsp3) is 0.948. The minimum atomic E-state index is -4.96. The lowest BCUT2D eigenvalue weighted by atomic mass is 10.0. The second kappa shape index (κ2) is 67.5. The summed E-state index contributed by atoms with van der Waals surface area (Å²) < 4.78 is 68.6. The maximum absolute atomic E-state index is 13.1. The molecule has 19 heteroatoms. The minimum absolute atomic E-state index is 0.105. The quantitative estimate of drug-likeness (QED) is 0.0222. The van der Waals surface area contributed by atoms with Crippen molar-refractivity contribution >= 4 is 39.5 Å². The molecule has 0 saturated heterocycles. The van der Waals surface area contributed by atoms with Crippen LogP contribution in [-0.4, -0.2) is 96.7 Å². The van der Waals surface area contributed by atoms with Crippen LogP contribution in [0.5, 0.6) is 0 Å². The second-order valence-electron chi connectivity index (χ2n) is 29.2. The molecule has 0 aromatic rings. The van der Waals surface area contributed by atoms with E-state index in [0.29, 0.717) is 31.6 Å². The molecular weight excluding hydrogens is 1260 g/mol. The van der Waals surface area contributed by atoms with Crippen molar-refractivity contribution in [2.24, 2.45) is 17.8 Å². The molecule has 0 aliphatic carbocycles. The summed E-state index contributed by atoms with van der Waals surface area (Å²) in [4.78, 5) is 72.8. The first kappa shape index (κ1) is 94.1. The van der Waals surface area contributed by atoms with Gasteiger partial charge in [-0.2, -0.15) is 0 Å². The Morgan fingerprint density at radius 2 is 0.479 bits per heavy atom. The van der Waals surface area contributed by atoms with Crippen molar-refractivity contribution < 1.29 is 80.2 Å². The van der Waals surface area contributed by atoms with E-state index in [4.69, 9.17) is 37.0 Å². The van der Waals surface area contributed by atoms with Crippen LogP contribution in [0.2, 0.25) is 0 Å². The van der Waals surface area contributed by atoms with Gasteiger partial charge in [0.1, 0.15) is 19.3 Å². The van der Waals surface area contributed by atoms with Gasteiger partial charge in [0.2, 0.25) is 0 Å². The van der Waals surface area contributed by atoms with Gasteiger partial charge < -0.3 is 33.8 Å². The zero-order chi connectivity index (χ0) is 70.9. The number of rotatable bonds is 75. The van der Waals surface area contributed by atoms with Crippen molar-refractivity contribution in [3.8, 4) is 0 Å². The van der Waals surface area contributed by atoms with Gasteiger partial charge in [0.05, 0.1) is 26.4 Å². The van der Waals surface area contributed by atoms with E-state index in [1.54, 1.807) is 0 Å². The third-order valence-electron chi connectivity index (χ3n) is 17.9. The number of phosphoric ester groups is 2. The highest BCUT2D eigenvalue weighted by Gasteiger charge is 2.30. The molecule has 0 bridgehead atoms. The molecular formula is C77H150O17P2. The maximum Gasteiger partial charge on any atom is 0.472 e. The van der Waals surface area contributed by atoms with Crippen LogP contribution < -0.4 is 0 Å². The van der Waals surface area contributed by atoms with Crippen molar-refractivity contribution in [1.82, 2.24) is 0 Å². The van der Waals surface area contributed by atoms with E-state index in [9.17, 15) is 43.2 Å². The number of esters is 4. The molecule has 2 unspecified atom stereocenters. The third kappa shape index (κ3) is 70.5. The molecule has 0 aliphatic heterocycles. The zero-order valence-corrected chi connectivity index (χ0v) is 64.6. The predicted octanol–water partition coefficient (Wildman–Crippen LogP) is 22.6. The lowest BCUT2D eigenvalue weighted by Crippen LogP contribution is -2.30. The van der Waals surface area contributed by atoms with Crippen molar-refractivity contribution in [1.29, 1.82) is 0 Å². The van der Waals surface area contributed by atoms with Crippen LogP contribution in [0.25, 0.3) is 0 Å². The Morgan fingerprint density at radius 1 is 0.281 bits per heavy atom. The Hall–Kier alpha value is -1.94. The molecule has 5 atom stereocenters. The molecule has 0 radical (unpaired) electrons. The van der Waals surface area contributed by atoms with Crippen LogP contribution in [0, 0.1) is 17.8 Å². The van der Waals surface area contributed by atoms with Crippen LogP contribution in [0.1, 0.15) is 395 Å². The average Bonchev–Trinajstić information content (AvgIpc) is 1.24. The van der Waals surface area contributed by atoms with E-state index in [1.165, 1.54) is 199 Å². The Morgan fingerprint density at radius 3 is 0.708 bits per heavy atom. The van der Waals surface area contributed by atoms with Gasteiger partial charge in [-0.3, -0.25) is 37.3 Å². The number of unbranched alkanes of at least 4 members (excludes halogenated alkanes) is 43. The van der Waals surface area contributed by atoms with Crippen LogP contribution in [0.4, 0.5) is 0 Å². The van der Waals surface area contributed by atoms with Crippen LogP contribution in [0.3, 0.4) is 0 Å². The minimum Gasteiger partial charge on any atom is -0.462 e. The first-order valence-corrected chi connectivity index (χ1v) is 42.8. The van der Waals surface area contributed by atoms with Crippen LogP contribution in [0.15, 0.2) is 0 Å². The Labute approximate surface area is 588 Å². The number of aliphatic hydroxyl groups excluding tert-OH is 1. The Bertz CT molecular complexity index is 1870. The van der Waals surface area contributed by atoms with Gasteiger partial charge in [-0.1, -0.05) is 344 Å². The predicted molar refractivity (Wildman–Crippen MR) is 391 cm³/mol.